The van der Waals surface area contributed by atoms with Crippen molar-refractivity contribution in [3.8, 4) is 5.88 Å². The van der Waals surface area contributed by atoms with Crippen LogP contribution >= 0.6 is 0 Å². The summed E-state index contributed by atoms with van der Waals surface area (Å²) in [6.07, 6.45) is 3.88. The van der Waals surface area contributed by atoms with Gasteiger partial charge in [-0.3, -0.25) is 0 Å². The molecule has 0 aromatic carbocycles. The molecule has 2 unspecified atom stereocenters. The van der Waals surface area contributed by atoms with E-state index in [4.69, 9.17) is 15.2 Å². The van der Waals surface area contributed by atoms with Gasteiger partial charge in [0.1, 0.15) is 0 Å². The van der Waals surface area contributed by atoms with E-state index in [1.165, 1.54) is 0 Å². The molecule has 0 radical (unpaired) electrons. The number of anilines is 1. The summed E-state index contributed by atoms with van der Waals surface area (Å²) in [5.41, 5.74) is 5.86. The second-order valence-electron chi connectivity index (χ2n) is 4.59. The zero-order chi connectivity index (χ0) is 13.7. The zero-order valence-corrected chi connectivity index (χ0v) is 11.6. The topological polar surface area (TPSA) is 73.5 Å². The van der Waals surface area contributed by atoms with E-state index in [2.05, 4.69) is 14.9 Å². The quantitative estimate of drug-likeness (QED) is 0.850. The summed E-state index contributed by atoms with van der Waals surface area (Å²) in [5, 5.41) is 0. The standard InChI is InChI=1S/C13H22N4O2/c1-3-19-12-4-6-15-13(16-12)17-7-5-11(18-2)8-10(17)9-14/h4,6,10-11H,3,5,7-9,14H2,1-2H3. The number of rotatable bonds is 5. The first-order valence-corrected chi connectivity index (χ1v) is 6.73. The number of hydrogen-bond acceptors (Lipinski definition) is 6. The lowest BCUT2D eigenvalue weighted by Gasteiger charge is -2.38. The number of methoxy groups -OCH3 is 1. The second kappa shape index (κ2) is 6.68. The molecule has 6 heteroatoms. The Balaban J connectivity index is 2.13. The molecule has 1 aliphatic heterocycles. The third-order valence-electron chi connectivity index (χ3n) is 3.44. The van der Waals surface area contributed by atoms with E-state index in [0.29, 0.717) is 25.0 Å². The maximum atomic E-state index is 5.86. The highest BCUT2D eigenvalue weighted by atomic mass is 16.5. The summed E-state index contributed by atoms with van der Waals surface area (Å²) >= 11 is 0. The predicted octanol–water partition coefficient (Wildman–Crippen LogP) is 0.818. The van der Waals surface area contributed by atoms with Crippen molar-refractivity contribution in [2.24, 2.45) is 5.73 Å². The Morgan fingerprint density at radius 3 is 3.05 bits per heavy atom. The van der Waals surface area contributed by atoms with Gasteiger partial charge in [0.2, 0.25) is 11.8 Å². The fraction of sp³-hybridized carbons (Fsp3) is 0.692. The molecule has 1 aromatic rings. The van der Waals surface area contributed by atoms with Crippen LogP contribution in [0.5, 0.6) is 5.88 Å². The van der Waals surface area contributed by atoms with E-state index in [1.807, 2.05) is 6.92 Å². The van der Waals surface area contributed by atoms with Gasteiger partial charge in [0.05, 0.1) is 12.7 Å². The van der Waals surface area contributed by atoms with Crippen molar-refractivity contribution in [3.05, 3.63) is 12.3 Å². The Morgan fingerprint density at radius 1 is 1.53 bits per heavy atom. The summed E-state index contributed by atoms with van der Waals surface area (Å²) in [6, 6.07) is 1.99. The lowest BCUT2D eigenvalue weighted by atomic mass is 10.00. The molecule has 0 aliphatic carbocycles. The third-order valence-corrected chi connectivity index (χ3v) is 3.44. The largest absolute Gasteiger partial charge is 0.478 e. The molecular weight excluding hydrogens is 244 g/mol. The lowest BCUT2D eigenvalue weighted by Crippen LogP contribution is -2.49. The number of ether oxygens (including phenoxy) is 2. The summed E-state index contributed by atoms with van der Waals surface area (Å²) in [6.45, 7) is 3.97. The summed E-state index contributed by atoms with van der Waals surface area (Å²) in [7, 11) is 1.75. The van der Waals surface area contributed by atoms with Crippen molar-refractivity contribution < 1.29 is 9.47 Å². The van der Waals surface area contributed by atoms with Crippen molar-refractivity contribution >= 4 is 5.95 Å². The smallest absolute Gasteiger partial charge is 0.228 e. The van der Waals surface area contributed by atoms with E-state index in [-0.39, 0.29) is 12.1 Å². The summed E-state index contributed by atoms with van der Waals surface area (Å²) in [5.74, 6) is 1.30. The zero-order valence-electron chi connectivity index (χ0n) is 11.6. The average molecular weight is 266 g/mol. The minimum absolute atomic E-state index is 0.218. The Bertz CT molecular complexity index is 402. The van der Waals surface area contributed by atoms with Crippen LogP contribution < -0.4 is 15.4 Å². The highest BCUT2D eigenvalue weighted by Crippen LogP contribution is 2.24. The van der Waals surface area contributed by atoms with Gasteiger partial charge < -0.3 is 20.1 Å². The predicted molar refractivity (Wildman–Crippen MR) is 73.4 cm³/mol. The molecule has 2 rings (SSSR count). The monoisotopic (exact) mass is 266 g/mol. The summed E-state index contributed by atoms with van der Waals surface area (Å²) in [4.78, 5) is 10.9. The van der Waals surface area contributed by atoms with Gasteiger partial charge in [0, 0.05) is 38.5 Å². The summed E-state index contributed by atoms with van der Waals surface area (Å²) < 4.78 is 10.8. The number of piperidine rings is 1. The van der Waals surface area contributed by atoms with E-state index in [9.17, 15) is 0 Å². The van der Waals surface area contributed by atoms with E-state index < -0.39 is 0 Å². The van der Waals surface area contributed by atoms with Crippen molar-refractivity contribution in [1.29, 1.82) is 0 Å². The molecule has 0 amide bonds. The molecule has 2 N–H and O–H groups in total. The van der Waals surface area contributed by atoms with Crippen molar-refractivity contribution in [3.63, 3.8) is 0 Å². The van der Waals surface area contributed by atoms with Crippen LogP contribution in [0.2, 0.25) is 0 Å². The highest BCUT2D eigenvalue weighted by molar-refractivity contribution is 5.34. The number of aromatic nitrogens is 2. The molecule has 1 aromatic heterocycles. The lowest BCUT2D eigenvalue weighted by molar-refractivity contribution is 0.0705. The van der Waals surface area contributed by atoms with Crippen LogP contribution in [0, 0.1) is 0 Å². The molecule has 1 saturated heterocycles. The molecule has 0 bridgehead atoms. The first kappa shape index (κ1) is 14.0. The fourth-order valence-corrected chi connectivity index (χ4v) is 2.41. The first-order chi connectivity index (χ1) is 9.28. The molecule has 1 fully saturated rings. The molecule has 19 heavy (non-hydrogen) atoms. The Labute approximate surface area is 113 Å². The van der Waals surface area contributed by atoms with Crippen LogP contribution in [0.25, 0.3) is 0 Å². The van der Waals surface area contributed by atoms with E-state index >= 15 is 0 Å². The Morgan fingerprint density at radius 2 is 2.37 bits per heavy atom. The Hall–Kier alpha value is -1.40. The normalized spacial score (nSPS) is 23.4. The molecule has 1 aliphatic rings. The molecule has 106 valence electrons. The van der Waals surface area contributed by atoms with Gasteiger partial charge in [-0.05, 0) is 19.8 Å². The SMILES string of the molecule is CCOc1ccnc(N2CCC(OC)CC2CN)n1. The van der Waals surface area contributed by atoms with Gasteiger partial charge in [-0.25, -0.2) is 4.98 Å². The molecule has 6 nitrogen and oxygen atoms in total. The fourth-order valence-electron chi connectivity index (χ4n) is 2.41. The van der Waals surface area contributed by atoms with Crippen LogP contribution in [0.1, 0.15) is 19.8 Å². The molecular formula is C13H22N4O2. The molecule has 2 heterocycles. The molecule has 0 spiro atoms. The van der Waals surface area contributed by atoms with Crippen molar-refractivity contribution in [1.82, 2.24) is 9.97 Å². The third kappa shape index (κ3) is 3.33. The first-order valence-electron chi connectivity index (χ1n) is 6.73. The van der Waals surface area contributed by atoms with Gasteiger partial charge in [0.15, 0.2) is 0 Å². The van der Waals surface area contributed by atoms with Gasteiger partial charge in [-0.15, -0.1) is 0 Å². The number of nitrogens with two attached hydrogens (primary N) is 1. The number of hydrogen-bond donors (Lipinski definition) is 1. The van der Waals surface area contributed by atoms with Crippen LogP contribution in [0.15, 0.2) is 12.3 Å². The van der Waals surface area contributed by atoms with E-state index in [1.54, 1.807) is 19.4 Å². The van der Waals surface area contributed by atoms with Gasteiger partial charge in [0.25, 0.3) is 0 Å². The minimum atomic E-state index is 0.218. The van der Waals surface area contributed by atoms with Crippen LogP contribution in [-0.4, -0.2) is 48.9 Å². The maximum Gasteiger partial charge on any atom is 0.228 e. The second-order valence-corrected chi connectivity index (χ2v) is 4.59. The highest BCUT2D eigenvalue weighted by Gasteiger charge is 2.29. The van der Waals surface area contributed by atoms with Gasteiger partial charge in [-0.2, -0.15) is 4.98 Å². The van der Waals surface area contributed by atoms with Gasteiger partial charge >= 0.3 is 0 Å². The molecule has 0 saturated carbocycles. The minimum Gasteiger partial charge on any atom is -0.478 e. The van der Waals surface area contributed by atoms with E-state index in [0.717, 1.165) is 19.4 Å². The van der Waals surface area contributed by atoms with Crippen LogP contribution in [0.4, 0.5) is 5.95 Å². The maximum absolute atomic E-state index is 5.86. The average Bonchev–Trinajstić information content (AvgIpc) is 2.47. The Kier molecular flexibility index (Phi) is 4.93. The van der Waals surface area contributed by atoms with Crippen LogP contribution in [0.3, 0.4) is 0 Å². The van der Waals surface area contributed by atoms with Crippen LogP contribution in [-0.2, 0) is 4.74 Å². The van der Waals surface area contributed by atoms with Gasteiger partial charge in [-0.1, -0.05) is 0 Å². The van der Waals surface area contributed by atoms with Crippen molar-refractivity contribution in [2.45, 2.75) is 31.9 Å². The number of nitrogens with zero attached hydrogens (tertiary/aromatic N) is 3. The van der Waals surface area contributed by atoms with Crippen molar-refractivity contribution in [2.75, 3.05) is 31.7 Å². The molecule has 2 atom stereocenters.